The molecule has 0 aliphatic heterocycles. The van der Waals surface area contributed by atoms with Gasteiger partial charge in [-0.25, -0.2) is 0 Å². The summed E-state index contributed by atoms with van der Waals surface area (Å²) < 4.78 is 1.85. The zero-order valence-electron chi connectivity index (χ0n) is 17.8. The molecule has 0 N–H and O–H groups in total. The van der Waals surface area contributed by atoms with Crippen molar-refractivity contribution >= 4 is 39.8 Å². The molecule has 156 valence electrons. The van der Waals surface area contributed by atoms with Crippen molar-refractivity contribution < 1.29 is 0 Å². The zero-order chi connectivity index (χ0) is 21.4. The monoisotopic (exact) mass is 429 g/mol. The van der Waals surface area contributed by atoms with Gasteiger partial charge in [-0.05, 0) is 56.2 Å². The van der Waals surface area contributed by atoms with Gasteiger partial charge in [0, 0.05) is 34.1 Å². The topological polar surface area (TPSA) is 46.3 Å². The SMILES string of the molecule is CN(c1cccc(C#CC2(C)CCCCC2)c1)c1nc2nncn2c2cc(Cl)ccc12. The van der Waals surface area contributed by atoms with E-state index in [0.717, 1.165) is 28.0 Å². The van der Waals surface area contributed by atoms with Crippen LogP contribution >= 0.6 is 11.6 Å². The lowest BCUT2D eigenvalue weighted by atomic mass is 9.76. The fourth-order valence-electron chi connectivity index (χ4n) is 4.37. The molecule has 5 rings (SSSR count). The van der Waals surface area contributed by atoms with Crippen LogP contribution in [0.1, 0.15) is 44.6 Å². The van der Waals surface area contributed by atoms with E-state index in [-0.39, 0.29) is 5.41 Å². The molecule has 0 bridgehead atoms. The summed E-state index contributed by atoms with van der Waals surface area (Å²) in [4.78, 5) is 6.83. The van der Waals surface area contributed by atoms with Crippen LogP contribution in [0, 0.1) is 17.3 Å². The second-order valence-electron chi connectivity index (χ2n) is 8.58. The van der Waals surface area contributed by atoms with Crippen LogP contribution in [0.25, 0.3) is 16.7 Å². The van der Waals surface area contributed by atoms with Gasteiger partial charge < -0.3 is 4.90 Å². The van der Waals surface area contributed by atoms with Crippen molar-refractivity contribution in [3.63, 3.8) is 0 Å². The highest BCUT2D eigenvalue weighted by Crippen LogP contribution is 2.35. The maximum atomic E-state index is 6.26. The van der Waals surface area contributed by atoms with E-state index < -0.39 is 0 Å². The average molecular weight is 430 g/mol. The van der Waals surface area contributed by atoms with Crippen molar-refractivity contribution in [2.45, 2.75) is 39.0 Å². The minimum atomic E-state index is 0.135. The molecule has 0 spiro atoms. The molecule has 0 radical (unpaired) electrons. The van der Waals surface area contributed by atoms with Crippen molar-refractivity contribution in [1.82, 2.24) is 19.6 Å². The second-order valence-corrected chi connectivity index (χ2v) is 9.01. The Kier molecular flexibility index (Phi) is 5.03. The van der Waals surface area contributed by atoms with Gasteiger partial charge in [-0.3, -0.25) is 4.40 Å². The Hall–Kier alpha value is -3.10. The predicted molar refractivity (Wildman–Crippen MR) is 126 cm³/mol. The molecule has 1 saturated carbocycles. The minimum absolute atomic E-state index is 0.135. The van der Waals surface area contributed by atoms with Crippen molar-refractivity contribution in [3.05, 3.63) is 59.4 Å². The molecule has 1 aliphatic carbocycles. The normalized spacial score (nSPS) is 15.6. The first-order valence-electron chi connectivity index (χ1n) is 10.7. The Bertz CT molecular complexity index is 1320. The van der Waals surface area contributed by atoms with E-state index in [0.29, 0.717) is 10.8 Å². The second kappa shape index (κ2) is 7.86. The first-order chi connectivity index (χ1) is 15.0. The van der Waals surface area contributed by atoms with Gasteiger partial charge >= 0.3 is 0 Å². The van der Waals surface area contributed by atoms with Gasteiger partial charge in [0.25, 0.3) is 5.78 Å². The zero-order valence-corrected chi connectivity index (χ0v) is 18.5. The van der Waals surface area contributed by atoms with Gasteiger partial charge in [0.15, 0.2) is 0 Å². The molecular weight excluding hydrogens is 406 g/mol. The molecule has 2 heterocycles. The minimum Gasteiger partial charge on any atom is -0.329 e. The smallest absolute Gasteiger partial charge is 0.257 e. The Labute approximate surface area is 187 Å². The van der Waals surface area contributed by atoms with Crippen LogP contribution in [0.4, 0.5) is 11.5 Å². The van der Waals surface area contributed by atoms with Crippen LogP contribution in [0.2, 0.25) is 5.02 Å². The van der Waals surface area contributed by atoms with Crippen LogP contribution < -0.4 is 4.90 Å². The maximum Gasteiger partial charge on any atom is 0.257 e. The van der Waals surface area contributed by atoms with E-state index in [1.165, 1.54) is 32.1 Å². The molecule has 31 heavy (non-hydrogen) atoms. The molecule has 2 aromatic carbocycles. The third-order valence-electron chi connectivity index (χ3n) is 6.21. The molecular formula is C25H24ClN5. The Morgan fingerprint density at radius 1 is 1.10 bits per heavy atom. The summed E-state index contributed by atoms with van der Waals surface area (Å²) in [6.07, 6.45) is 7.93. The molecule has 5 nitrogen and oxygen atoms in total. The van der Waals surface area contributed by atoms with Crippen LogP contribution in [0.5, 0.6) is 0 Å². The largest absolute Gasteiger partial charge is 0.329 e. The third-order valence-corrected chi connectivity index (χ3v) is 6.45. The molecule has 2 aromatic heterocycles. The number of halogens is 1. The molecule has 1 fully saturated rings. The number of hydrogen-bond donors (Lipinski definition) is 0. The average Bonchev–Trinajstić information content (AvgIpc) is 3.26. The van der Waals surface area contributed by atoms with Gasteiger partial charge in [-0.1, -0.05) is 48.8 Å². The van der Waals surface area contributed by atoms with Gasteiger partial charge in [-0.2, -0.15) is 4.98 Å². The van der Waals surface area contributed by atoms with E-state index in [9.17, 15) is 0 Å². The predicted octanol–water partition coefficient (Wildman–Crippen LogP) is 6.02. The fraction of sp³-hybridized carbons (Fsp3) is 0.320. The highest BCUT2D eigenvalue weighted by Gasteiger charge is 2.24. The highest BCUT2D eigenvalue weighted by atomic mass is 35.5. The molecule has 0 atom stereocenters. The first kappa shape index (κ1) is 19.8. The summed E-state index contributed by atoms with van der Waals surface area (Å²) in [5.74, 6) is 8.33. The summed E-state index contributed by atoms with van der Waals surface area (Å²) in [5, 5.41) is 9.81. The van der Waals surface area contributed by atoms with Crippen molar-refractivity contribution in [2.24, 2.45) is 5.41 Å². The first-order valence-corrected chi connectivity index (χ1v) is 11.1. The Morgan fingerprint density at radius 2 is 1.94 bits per heavy atom. The van der Waals surface area contributed by atoms with Gasteiger partial charge in [-0.15, -0.1) is 10.2 Å². The van der Waals surface area contributed by atoms with E-state index in [1.807, 2.05) is 35.7 Å². The van der Waals surface area contributed by atoms with Crippen LogP contribution in [0.15, 0.2) is 48.8 Å². The highest BCUT2D eigenvalue weighted by molar-refractivity contribution is 6.31. The summed E-state index contributed by atoms with van der Waals surface area (Å²) in [7, 11) is 2.01. The van der Waals surface area contributed by atoms with Crippen molar-refractivity contribution in [1.29, 1.82) is 0 Å². The number of hydrogen-bond acceptors (Lipinski definition) is 4. The number of benzene rings is 2. The number of nitrogens with zero attached hydrogens (tertiary/aromatic N) is 5. The van der Waals surface area contributed by atoms with E-state index in [2.05, 4.69) is 52.1 Å². The number of anilines is 2. The summed E-state index contributed by atoms with van der Waals surface area (Å²) in [6, 6.07) is 14.1. The molecule has 0 unspecified atom stereocenters. The van der Waals surface area contributed by atoms with Crippen LogP contribution in [-0.4, -0.2) is 26.6 Å². The Balaban J connectivity index is 1.54. The Morgan fingerprint density at radius 3 is 2.77 bits per heavy atom. The standard InChI is InChI=1S/C25H24ClN5/c1-25(12-4-3-5-13-25)14-11-18-7-6-8-20(15-18)30(2)23-21-10-9-19(26)16-22(21)31-17-27-29-24(31)28-23/h6-10,15-17H,3-5,12-13H2,1-2H3. The molecule has 1 aliphatic rings. The quantitative estimate of drug-likeness (QED) is 0.365. The van der Waals surface area contributed by atoms with E-state index >= 15 is 0 Å². The number of aromatic nitrogens is 4. The molecule has 6 heteroatoms. The summed E-state index contributed by atoms with van der Waals surface area (Å²) in [6.45, 7) is 2.30. The number of rotatable bonds is 2. The van der Waals surface area contributed by atoms with Gasteiger partial charge in [0.2, 0.25) is 0 Å². The van der Waals surface area contributed by atoms with Crippen LogP contribution in [-0.2, 0) is 0 Å². The van der Waals surface area contributed by atoms with Gasteiger partial charge in [0.05, 0.1) is 5.52 Å². The van der Waals surface area contributed by atoms with Crippen molar-refractivity contribution in [2.75, 3.05) is 11.9 Å². The molecule has 0 amide bonds. The summed E-state index contributed by atoms with van der Waals surface area (Å²) >= 11 is 6.26. The lowest BCUT2D eigenvalue weighted by Gasteiger charge is -2.27. The van der Waals surface area contributed by atoms with Crippen LogP contribution in [0.3, 0.4) is 0 Å². The lowest BCUT2D eigenvalue weighted by molar-refractivity contribution is 0.299. The summed E-state index contributed by atoms with van der Waals surface area (Å²) in [5.41, 5.74) is 3.10. The molecule has 0 saturated heterocycles. The number of fused-ring (bicyclic) bond motifs is 3. The van der Waals surface area contributed by atoms with E-state index in [4.69, 9.17) is 16.6 Å². The molecule has 4 aromatic rings. The van der Waals surface area contributed by atoms with Crippen molar-refractivity contribution in [3.8, 4) is 11.8 Å². The fourth-order valence-corrected chi connectivity index (χ4v) is 4.54. The van der Waals surface area contributed by atoms with Gasteiger partial charge in [0.1, 0.15) is 12.1 Å². The van der Waals surface area contributed by atoms with E-state index in [1.54, 1.807) is 6.33 Å². The lowest BCUT2D eigenvalue weighted by Crippen LogP contribution is -2.17. The maximum absolute atomic E-state index is 6.26. The third kappa shape index (κ3) is 3.84.